The lowest BCUT2D eigenvalue weighted by atomic mass is 10.1. The Labute approximate surface area is 128 Å². The number of hydrogen-bond donors (Lipinski definition) is 1. The summed E-state index contributed by atoms with van der Waals surface area (Å²) in [5.41, 5.74) is 3.74. The molecular weight excluding hydrogens is 314 g/mol. The number of rotatable bonds is 5. The van der Waals surface area contributed by atoms with E-state index < -0.39 is 0 Å². The van der Waals surface area contributed by atoms with E-state index in [0.29, 0.717) is 5.92 Å². The molecule has 0 radical (unpaired) electrons. The Kier molecular flexibility index (Phi) is 3.94. The van der Waals surface area contributed by atoms with Crippen LogP contribution in [0.4, 0.5) is 0 Å². The van der Waals surface area contributed by atoms with Crippen molar-refractivity contribution in [2.75, 3.05) is 0 Å². The molecule has 3 rings (SSSR count). The minimum absolute atomic E-state index is 0.456. The van der Waals surface area contributed by atoms with E-state index in [1.165, 1.54) is 24.1 Å². The van der Waals surface area contributed by atoms with Gasteiger partial charge in [0.2, 0.25) is 0 Å². The molecule has 1 saturated carbocycles. The highest BCUT2D eigenvalue weighted by Crippen LogP contribution is 2.25. The Morgan fingerprint density at radius 1 is 1.30 bits per heavy atom. The second kappa shape index (κ2) is 5.70. The minimum atomic E-state index is 0.456. The highest BCUT2D eigenvalue weighted by Gasteiger charge is 2.22. The van der Waals surface area contributed by atoms with Gasteiger partial charge in [-0.2, -0.15) is 5.10 Å². The summed E-state index contributed by atoms with van der Waals surface area (Å²) >= 11 is 3.48. The van der Waals surface area contributed by atoms with Crippen molar-refractivity contribution in [3.8, 4) is 5.69 Å². The zero-order valence-corrected chi connectivity index (χ0v) is 13.5. The first kappa shape index (κ1) is 13.8. The summed E-state index contributed by atoms with van der Waals surface area (Å²) < 4.78 is 3.16. The summed E-state index contributed by atoms with van der Waals surface area (Å²) in [6.45, 7) is 5.38. The Balaban J connectivity index is 1.91. The summed E-state index contributed by atoms with van der Waals surface area (Å²) in [7, 11) is 0. The fraction of sp³-hybridized carbons (Fsp3) is 0.438. The number of nitrogens with zero attached hydrogens (tertiary/aromatic N) is 2. The standard InChI is InChI=1S/C16H20BrN3/c1-11(2)16-12(9-18-14-5-6-14)10-19-20(16)15-7-3-13(17)4-8-15/h3-4,7-8,10-11,14,18H,5-6,9H2,1-2H3. The normalized spacial score (nSPS) is 15.0. The predicted octanol–water partition coefficient (Wildman–Crippen LogP) is 4.01. The van der Waals surface area contributed by atoms with Gasteiger partial charge in [0.15, 0.2) is 0 Å². The van der Waals surface area contributed by atoms with E-state index in [-0.39, 0.29) is 0 Å². The fourth-order valence-corrected chi connectivity index (χ4v) is 2.74. The van der Waals surface area contributed by atoms with Gasteiger partial charge in [0.25, 0.3) is 0 Å². The zero-order valence-electron chi connectivity index (χ0n) is 11.9. The quantitative estimate of drug-likeness (QED) is 0.895. The van der Waals surface area contributed by atoms with Crippen LogP contribution in [-0.4, -0.2) is 15.8 Å². The molecule has 3 nitrogen and oxygen atoms in total. The van der Waals surface area contributed by atoms with Crippen molar-refractivity contribution >= 4 is 15.9 Å². The van der Waals surface area contributed by atoms with Gasteiger partial charge < -0.3 is 5.32 Å². The smallest absolute Gasteiger partial charge is 0.0649 e. The molecule has 1 aromatic carbocycles. The maximum atomic E-state index is 4.60. The van der Waals surface area contributed by atoms with Crippen LogP contribution in [0.3, 0.4) is 0 Å². The van der Waals surface area contributed by atoms with Gasteiger partial charge >= 0.3 is 0 Å². The van der Waals surface area contributed by atoms with E-state index in [9.17, 15) is 0 Å². The van der Waals surface area contributed by atoms with Crippen LogP contribution in [0.25, 0.3) is 5.69 Å². The van der Waals surface area contributed by atoms with Crippen LogP contribution in [0.2, 0.25) is 0 Å². The molecule has 0 amide bonds. The van der Waals surface area contributed by atoms with Crippen molar-refractivity contribution in [3.63, 3.8) is 0 Å². The van der Waals surface area contributed by atoms with E-state index in [0.717, 1.165) is 22.7 Å². The van der Waals surface area contributed by atoms with Crippen molar-refractivity contribution in [2.45, 2.75) is 45.2 Å². The molecule has 0 atom stereocenters. The molecule has 0 saturated heterocycles. The molecule has 1 aliphatic rings. The molecule has 1 aromatic heterocycles. The molecule has 106 valence electrons. The average molecular weight is 334 g/mol. The van der Waals surface area contributed by atoms with Gasteiger partial charge in [0, 0.05) is 22.6 Å². The molecule has 0 aliphatic heterocycles. The average Bonchev–Trinajstić information content (AvgIpc) is 3.15. The molecule has 2 aromatic rings. The summed E-state index contributed by atoms with van der Waals surface area (Å²) in [4.78, 5) is 0. The monoisotopic (exact) mass is 333 g/mol. The number of aromatic nitrogens is 2. The third-order valence-corrected chi connectivity index (χ3v) is 4.19. The number of nitrogens with one attached hydrogen (secondary N) is 1. The Morgan fingerprint density at radius 2 is 2.00 bits per heavy atom. The Bertz CT molecular complexity index is 582. The largest absolute Gasteiger partial charge is 0.310 e. The second-order valence-corrected chi connectivity index (χ2v) is 6.67. The SMILES string of the molecule is CC(C)c1c(CNC2CC2)cnn1-c1ccc(Br)cc1. The summed E-state index contributed by atoms with van der Waals surface area (Å²) in [5.74, 6) is 0.456. The summed E-state index contributed by atoms with van der Waals surface area (Å²) in [5, 5.41) is 8.18. The lowest BCUT2D eigenvalue weighted by molar-refractivity contribution is 0.666. The zero-order chi connectivity index (χ0) is 14.1. The minimum Gasteiger partial charge on any atom is -0.310 e. The van der Waals surface area contributed by atoms with Crippen LogP contribution < -0.4 is 5.32 Å². The first-order valence-electron chi connectivity index (χ1n) is 7.21. The van der Waals surface area contributed by atoms with Crippen LogP contribution >= 0.6 is 15.9 Å². The summed E-state index contributed by atoms with van der Waals surface area (Å²) in [6.07, 6.45) is 4.64. The molecule has 1 heterocycles. The second-order valence-electron chi connectivity index (χ2n) is 5.75. The van der Waals surface area contributed by atoms with Gasteiger partial charge in [-0.25, -0.2) is 4.68 Å². The van der Waals surface area contributed by atoms with Gasteiger partial charge in [-0.1, -0.05) is 29.8 Å². The van der Waals surface area contributed by atoms with Crippen LogP contribution in [0.1, 0.15) is 43.9 Å². The van der Waals surface area contributed by atoms with Crippen LogP contribution in [0, 0.1) is 0 Å². The number of hydrogen-bond acceptors (Lipinski definition) is 2. The van der Waals surface area contributed by atoms with Crippen molar-refractivity contribution in [1.29, 1.82) is 0 Å². The van der Waals surface area contributed by atoms with Gasteiger partial charge in [-0.05, 0) is 43.0 Å². The first-order chi connectivity index (χ1) is 9.65. The maximum absolute atomic E-state index is 4.60. The van der Waals surface area contributed by atoms with Crippen molar-refractivity contribution in [3.05, 3.63) is 46.2 Å². The molecule has 1 aliphatic carbocycles. The van der Waals surface area contributed by atoms with E-state index >= 15 is 0 Å². The molecule has 20 heavy (non-hydrogen) atoms. The Hall–Kier alpha value is -1.13. The van der Waals surface area contributed by atoms with Crippen molar-refractivity contribution in [2.24, 2.45) is 0 Å². The van der Waals surface area contributed by atoms with Gasteiger partial charge in [-0.3, -0.25) is 0 Å². The van der Waals surface area contributed by atoms with E-state index in [4.69, 9.17) is 0 Å². The third kappa shape index (κ3) is 2.96. The van der Waals surface area contributed by atoms with E-state index in [2.05, 4.69) is 69.1 Å². The van der Waals surface area contributed by atoms with Crippen LogP contribution in [0.15, 0.2) is 34.9 Å². The van der Waals surface area contributed by atoms with Crippen LogP contribution in [-0.2, 0) is 6.54 Å². The molecular formula is C16H20BrN3. The Morgan fingerprint density at radius 3 is 2.60 bits per heavy atom. The van der Waals surface area contributed by atoms with Crippen molar-refractivity contribution in [1.82, 2.24) is 15.1 Å². The molecule has 0 bridgehead atoms. The van der Waals surface area contributed by atoms with E-state index in [1.807, 2.05) is 6.20 Å². The van der Waals surface area contributed by atoms with Gasteiger partial charge in [0.05, 0.1) is 17.6 Å². The highest BCUT2D eigenvalue weighted by molar-refractivity contribution is 9.10. The molecule has 0 unspecified atom stereocenters. The molecule has 1 N–H and O–H groups in total. The first-order valence-corrected chi connectivity index (χ1v) is 8.00. The van der Waals surface area contributed by atoms with E-state index in [1.54, 1.807) is 0 Å². The molecule has 1 fully saturated rings. The lowest BCUT2D eigenvalue weighted by Gasteiger charge is -2.13. The number of halogens is 1. The third-order valence-electron chi connectivity index (χ3n) is 3.66. The topological polar surface area (TPSA) is 29.9 Å². The van der Waals surface area contributed by atoms with Crippen molar-refractivity contribution < 1.29 is 0 Å². The molecule has 4 heteroatoms. The predicted molar refractivity (Wildman–Crippen MR) is 85.2 cm³/mol. The fourth-order valence-electron chi connectivity index (χ4n) is 2.47. The van der Waals surface area contributed by atoms with Gasteiger partial charge in [-0.15, -0.1) is 0 Å². The van der Waals surface area contributed by atoms with Gasteiger partial charge in [0.1, 0.15) is 0 Å². The maximum Gasteiger partial charge on any atom is 0.0649 e. The lowest BCUT2D eigenvalue weighted by Crippen LogP contribution is -2.17. The highest BCUT2D eigenvalue weighted by atomic mass is 79.9. The summed E-state index contributed by atoms with van der Waals surface area (Å²) in [6, 6.07) is 9.04. The van der Waals surface area contributed by atoms with Crippen LogP contribution in [0.5, 0.6) is 0 Å². The number of benzene rings is 1. The molecule has 0 spiro atoms.